The Hall–Kier alpha value is -1.17. The molecule has 0 amide bonds. The van der Waals surface area contributed by atoms with Crippen LogP contribution in [0.1, 0.15) is 34.0 Å². The smallest absolute Gasteiger partial charge is 0.417 e. The van der Waals surface area contributed by atoms with Crippen molar-refractivity contribution in [3.8, 4) is 0 Å². The SMILES string of the molecule is CCOP(=O)(C(=O)c1c(C)cc(CO[Si](C)(O[Si](C)(C)C)O[Si](C)(C)C)cc1C)c1ccccc1. The standard InChI is InChI=1S/C25H41O6PSi3/c1-11-28-32(27,23-15-13-12-14-16-23)25(26)24-20(2)17-22(18-21(24)3)19-29-35(10,30-33(4,5)6)31-34(7,8)9/h12-18H,11,19H2,1-10H3. The molecule has 35 heavy (non-hydrogen) atoms. The maximum Gasteiger partial charge on any atom is 0.477 e. The first-order chi connectivity index (χ1) is 16.0. The van der Waals surface area contributed by atoms with Gasteiger partial charge in [0.1, 0.15) is 0 Å². The second-order valence-corrected chi connectivity index (χ2v) is 25.2. The van der Waals surface area contributed by atoms with E-state index in [-0.39, 0.29) is 6.61 Å². The minimum Gasteiger partial charge on any atom is -0.417 e. The molecule has 2 aromatic carbocycles. The minimum absolute atomic E-state index is 0.180. The van der Waals surface area contributed by atoms with Crippen molar-refractivity contribution in [3.63, 3.8) is 0 Å². The van der Waals surface area contributed by atoms with Crippen molar-refractivity contribution in [3.05, 3.63) is 64.7 Å². The summed E-state index contributed by atoms with van der Waals surface area (Å²) in [6.45, 7) is 20.7. The summed E-state index contributed by atoms with van der Waals surface area (Å²) in [6, 6.07) is 12.6. The Morgan fingerprint density at radius 2 is 1.34 bits per heavy atom. The Bertz CT molecular complexity index is 1040. The number of benzene rings is 2. The van der Waals surface area contributed by atoms with Gasteiger partial charge in [-0.1, -0.05) is 30.3 Å². The van der Waals surface area contributed by atoms with Crippen molar-refractivity contribution in [2.75, 3.05) is 6.61 Å². The quantitative estimate of drug-likeness (QED) is 0.211. The molecule has 10 heteroatoms. The van der Waals surface area contributed by atoms with Gasteiger partial charge in [0.2, 0.25) is 0 Å². The molecule has 194 valence electrons. The van der Waals surface area contributed by atoms with Crippen LogP contribution in [0.4, 0.5) is 0 Å². The summed E-state index contributed by atoms with van der Waals surface area (Å²) in [6.07, 6.45) is 0. The van der Waals surface area contributed by atoms with Gasteiger partial charge in [0.05, 0.1) is 13.2 Å². The number of carbonyl (C=O) groups is 1. The summed E-state index contributed by atoms with van der Waals surface area (Å²) in [5, 5.41) is 0.409. The maximum absolute atomic E-state index is 13.8. The third kappa shape index (κ3) is 8.43. The summed E-state index contributed by atoms with van der Waals surface area (Å²) in [5.74, 6) is 0. The van der Waals surface area contributed by atoms with E-state index in [0.29, 0.717) is 17.5 Å². The van der Waals surface area contributed by atoms with E-state index in [9.17, 15) is 9.36 Å². The molecule has 0 saturated carbocycles. The van der Waals surface area contributed by atoms with Crippen LogP contribution in [0.3, 0.4) is 0 Å². The van der Waals surface area contributed by atoms with Crippen LogP contribution < -0.4 is 5.30 Å². The molecule has 0 heterocycles. The molecule has 0 fully saturated rings. The van der Waals surface area contributed by atoms with Crippen molar-refractivity contribution in [1.82, 2.24) is 0 Å². The predicted molar refractivity (Wildman–Crippen MR) is 151 cm³/mol. The van der Waals surface area contributed by atoms with E-state index >= 15 is 0 Å². The van der Waals surface area contributed by atoms with Crippen LogP contribution in [-0.4, -0.2) is 37.6 Å². The summed E-state index contributed by atoms with van der Waals surface area (Å²) < 4.78 is 38.6. The van der Waals surface area contributed by atoms with Crippen LogP contribution in [-0.2, 0) is 28.4 Å². The van der Waals surface area contributed by atoms with E-state index < -0.39 is 38.3 Å². The molecule has 0 spiro atoms. The van der Waals surface area contributed by atoms with Gasteiger partial charge in [-0.25, -0.2) is 0 Å². The first kappa shape index (κ1) is 30.1. The molecule has 1 atom stereocenters. The van der Waals surface area contributed by atoms with Crippen molar-refractivity contribution >= 4 is 43.6 Å². The van der Waals surface area contributed by atoms with E-state index in [1.807, 2.05) is 38.6 Å². The Morgan fingerprint density at radius 3 is 1.77 bits per heavy atom. The van der Waals surface area contributed by atoms with E-state index in [0.717, 1.165) is 16.7 Å². The number of hydrogen-bond acceptors (Lipinski definition) is 6. The molecule has 0 N–H and O–H groups in total. The lowest BCUT2D eigenvalue weighted by Crippen LogP contribution is -2.54. The maximum atomic E-state index is 13.8. The zero-order valence-corrected chi connectivity index (χ0v) is 26.7. The molecule has 6 nitrogen and oxygen atoms in total. The van der Waals surface area contributed by atoms with Crippen LogP contribution >= 0.6 is 7.37 Å². The highest BCUT2D eigenvalue weighted by atomic mass is 31.2. The largest absolute Gasteiger partial charge is 0.477 e. The molecule has 2 rings (SSSR count). The Balaban J connectivity index is 2.37. The first-order valence-corrected chi connectivity index (χ1v) is 22.7. The fraction of sp³-hybridized carbons (Fsp3) is 0.480. The summed E-state index contributed by atoms with van der Waals surface area (Å²) in [5.41, 5.74) is 2.36. The van der Waals surface area contributed by atoms with E-state index in [4.69, 9.17) is 17.2 Å². The zero-order valence-electron chi connectivity index (χ0n) is 22.9. The average Bonchev–Trinajstić information content (AvgIpc) is 2.69. The van der Waals surface area contributed by atoms with Gasteiger partial charge in [-0.15, -0.1) is 0 Å². The average molecular weight is 553 g/mol. The molecule has 0 aliphatic heterocycles. The molecule has 2 aromatic rings. The van der Waals surface area contributed by atoms with Crippen LogP contribution in [0.15, 0.2) is 42.5 Å². The van der Waals surface area contributed by atoms with Crippen LogP contribution in [0.5, 0.6) is 0 Å². The molecule has 0 aliphatic rings. The molecule has 0 bridgehead atoms. The van der Waals surface area contributed by atoms with E-state index in [1.165, 1.54) is 0 Å². The predicted octanol–water partition coefficient (Wildman–Crippen LogP) is 6.87. The van der Waals surface area contributed by atoms with Gasteiger partial charge in [-0.05, 0) is 88.9 Å². The molecule has 1 unspecified atom stereocenters. The van der Waals surface area contributed by atoms with Crippen molar-refractivity contribution in [2.45, 2.75) is 73.2 Å². The lowest BCUT2D eigenvalue weighted by molar-refractivity contribution is 0.105. The van der Waals surface area contributed by atoms with Crippen LogP contribution in [0, 0.1) is 13.8 Å². The summed E-state index contributed by atoms with van der Waals surface area (Å²) >= 11 is 0. The van der Waals surface area contributed by atoms with E-state index in [2.05, 4.69) is 39.3 Å². The number of rotatable bonds is 12. The Morgan fingerprint density at radius 1 is 0.857 bits per heavy atom. The second kappa shape index (κ2) is 11.5. The Labute approximate surface area is 214 Å². The molecular formula is C25H41O6PSi3. The van der Waals surface area contributed by atoms with Crippen molar-refractivity contribution < 1.29 is 26.5 Å². The van der Waals surface area contributed by atoms with Crippen LogP contribution in [0.25, 0.3) is 0 Å². The molecule has 0 aromatic heterocycles. The molecule has 0 aliphatic carbocycles. The lowest BCUT2D eigenvalue weighted by atomic mass is 10.0. The molecule has 0 radical (unpaired) electrons. The number of hydrogen-bond donors (Lipinski definition) is 0. The second-order valence-electron chi connectivity index (χ2n) is 10.8. The van der Waals surface area contributed by atoms with Gasteiger partial charge in [-0.3, -0.25) is 9.36 Å². The third-order valence-corrected chi connectivity index (χ3v) is 15.9. The van der Waals surface area contributed by atoms with Gasteiger partial charge in [0.25, 0.3) is 5.52 Å². The highest BCUT2D eigenvalue weighted by Crippen LogP contribution is 2.50. The highest BCUT2D eigenvalue weighted by molar-refractivity contribution is 7.83. The van der Waals surface area contributed by atoms with E-state index in [1.54, 1.807) is 31.2 Å². The van der Waals surface area contributed by atoms with Gasteiger partial charge in [0, 0.05) is 17.4 Å². The van der Waals surface area contributed by atoms with Gasteiger partial charge in [0.15, 0.2) is 16.6 Å². The minimum atomic E-state index is -3.74. The fourth-order valence-electron chi connectivity index (χ4n) is 4.08. The number of aryl methyl sites for hydroxylation is 2. The van der Waals surface area contributed by atoms with Gasteiger partial charge < -0.3 is 17.2 Å². The zero-order chi connectivity index (χ0) is 26.7. The first-order valence-electron chi connectivity index (χ1n) is 12.0. The molecular weight excluding hydrogens is 512 g/mol. The Kier molecular flexibility index (Phi) is 9.86. The number of carbonyl (C=O) groups excluding carboxylic acids is 1. The van der Waals surface area contributed by atoms with Crippen molar-refractivity contribution in [2.24, 2.45) is 0 Å². The van der Waals surface area contributed by atoms with Gasteiger partial charge >= 0.3 is 16.2 Å². The monoisotopic (exact) mass is 552 g/mol. The summed E-state index contributed by atoms with van der Waals surface area (Å²) in [4.78, 5) is 13.6. The van der Waals surface area contributed by atoms with Crippen LogP contribution in [0.2, 0.25) is 45.8 Å². The third-order valence-electron chi connectivity index (χ3n) is 4.96. The van der Waals surface area contributed by atoms with Gasteiger partial charge in [-0.2, -0.15) is 0 Å². The molecule has 0 saturated heterocycles. The topological polar surface area (TPSA) is 71.1 Å². The normalized spacial score (nSPS) is 14.6. The summed E-state index contributed by atoms with van der Waals surface area (Å²) in [7, 11) is -10.4. The lowest BCUT2D eigenvalue weighted by Gasteiger charge is -2.37. The van der Waals surface area contributed by atoms with Crippen molar-refractivity contribution in [1.29, 1.82) is 0 Å². The fourth-order valence-corrected chi connectivity index (χ4v) is 16.5. The highest BCUT2D eigenvalue weighted by Gasteiger charge is 2.43.